The predicted molar refractivity (Wildman–Crippen MR) is 107 cm³/mol. The molecule has 0 bridgehead atoms. The van der Waals surface area contributed by atoms with E-state index in [0.29, 0.717) is 62.5 Å². The average Bonchev–Trinajstić information content (AvgIpc) is 2.84. The predicted octanol–water partition coefficient (Wildman–Crippen LogP) is 4.04. The Balaban J connectivity index is 1.64. The van der Waals surface area contributed by atoms with Crippen LogP contribution in [0.25, 0.3) is 0 Å². The number of alkyl halides is 3. The van der Waals surface area contributed by atoms with Crippen LogP contribution in [-0.4, -0.2) is 54.7 Å². The molecule has 1 fully saturated rings. The fraction of sp³-hybridized carbons (Fsp3) is 0.591. The minimum atomic E-state index is -5.02. The molecular weight excluding hydrogens is 413 g/mol. The number of carbonyl (C=O) groups is 3. The Kier molecular flexibility index (Phi) is 7.03. The van der Waals surface area contributed by atoms with E-state index in [1.165, 1.54) is 0 Å². The second kappa shape index (κ2) is 9.38. The van der Waals surface area contributed by atoms with E-state index in [9.17, 15) is 27.6 Å². The third-order valence-corrected chi connectivity index (χ3v) is 6.13. The van der Waals surface area contributed by atoms with Crippen LogP contribution in [0.2, 0.25) is 0 Å². The molecule has 0 unspecified atom stereocenters. The van der Waals surface area contributed by atoms with E-state index in [1.54, 1.807) is 29.2 Å². The fourth-order valence-electron chi connectivity index (χ4n) is 4.24. The first-order valence-corrected chi connectivity index (χ1v) is 10.7. The van der Waals surface area contributed by atoms with Gasteiger partial charge < -0.3 is 4.90 Å². The molecule has 2 aliphatic rings. The maximum Gasteiger partial charge on any atom is 0.497 e. The van der Waals surface area contributed by atoms with Gasteiger partial charge in [0.2, 0.25) is 5.91 Å². The molecule has 170 valence electrons. The van der Waals surface area contributed by atoms with Crippen molar-refractivity contribution in [1.29, 1.82) is 0 Å². The van der Waals surface area contributed by atoms with Crippen LogP contribution >= 0.6 is 0 Å². The highest BCUT2D eigenvalue weighted by molar-refractivity contribution is 6.10. The Morgan fingerprint density at radius 1 is 1.13 bits per heavy atom. The number of amides is 1. The molecule has 0 aromatic heterocycles. The Morgan fingerprint density at radius 3 is 2.48 bits per heavy atom. The highest BCUT2D eigenvalue weighted by Crippen LogP contribution is 2.29. The van der Waals surface area contributed by atoms with Gasteiger partial charge in [0.1, 0.15) is 19.6 Å². The van der Waals surface area contributed by atoms with Crippen molar-refractivity contribution in [2.24, 2.45) is 5.92 Å². The maximum absolute atomic E-state index is 12.8. The van der Waals surface area contributed by atoms with Gasteiger partial charge in [-0.15, -0.1) is 4.65 Å². The van der Waals surface area contributed by atoms with E-state index in [1.807, 2.05) is 6.92 Å². The Bertz CT molecular complexity index is 832. The summed E-state index contributed by atoms with van der Waals surface area (Å²) in [5.41, 5.74) is 1.09. The number of hydrogen-bond donors (Lipinski definition) is 0. The van der Waals surface area contributed by atoms with Crippen molar-refractivity contribution in [2.45, 2.75) is 51.6 Å². The van der Waals surface area contributed by atoms with Crippen LogP contribution in [0.5, 0.6) is 0 Å². The van der Waals surface area contributed by atoms with Gasteiger partial charge in [0.05, 0.1) is 5.69 Å². The molecule has 1 amide bonds. The van der Waals surface area contributed by atoms with Crippen LogP contribution in [-0.2, 0) is 14.4 Å². The summed E-state index contributed by atoms with van der Waals surface area (Å²) in [5, 5.41) is 0. The SMILES string of the molecule is CC1CC[N+](CCCCN2C(=O)CCC(=O)c3ccccc32)(OC(=O)C(F)(F)F)CC1. The van der Waals surface area contributed by atoms with Crippen LogP contribution < -0.4 is 4.90 Å². The first kappa shape index (κ1) is 23.2. The molecule has 1 aromatic rings. The van der Waals surface area contributed by atoms with Crippen molar-refractivity contribution >= 4 is 23.3 Å². The Morgan fingerprint density at radius 2 is 1.81 bits per heavy atom. The number of piperidine rings is 1. The second-order valence-electron chi connectivity index (χ2n) is 8.48. The third-order valence-electron chi connectivity index (χ3n) is 6.13. The van der Waals surface area contributed by atoms with Crippen LogP contribution in [0.3, 0.4) is 0 Å². The number of likely N-dealkylation sites (tertiary alicyclic amines) is 1. The molecule has 2 aliphatic heterocycles. The number of fused-ring (bicyclic) bond motifs is 1. The summed E-state index contributed by atoms with van der Waals surface area (Å²) in [7, 11) is 0. The number of hydroxylamine groups is 3. The number of halogens is 3. The van der Waals surface area contributed by atoms with Crippen LogP contribution in [0.15, 0.2) is 24.3 Å². The lowest BCUT2D eigenvalue weighted by Crippen LogP contribution is -2.56. The van der Waals surface area contributed by atoms with Crippen molar-refractivity contribution in [3.63, 3.8) is 0 Å². The van der Waals surface area contributed by atoms with E-state index >= 15 is 0 Å². The zero-order valence-electron chi connectivity index (χ0n) is 17.6. The van der Waals surface area contributed by atoms with E-state index in [-0.39, 0.29) is 35.7 Å². The highest BCUT2D eigenvalue weighted by Gasteiger charge is 2.48. The normalized spacial score (nSPS) is 24.5. The lowest BCUT2D eigenvalue weighted by Gasteiger charge is -2.39. The van der Waals surface area contributed by atoms with Crippen LogP contribution in [0, 0.1) is 5.92 Å². The zero-order chi connectivity index (χ0) is 22.6. The minimum Gasteiger partial charge on any atom is -0.312 e. The number of para-hydroxylation sites is 1. The van der Waals surface area contributed by atoms with Gasteiger partial charge in [-0.1, -0.05) is 19.1 Å². The number of nitrogens with zero attached hydrogens (tertiary/aromatic N) is 2. The van der Waals surface area contributed by atoms with Gasteiger partial charge in [-0.05, 0) is 24.5 Å². The molecule has 9 heteroatoms. The Hall–Kier alpha value is -2.42. The van der Waals surface area contributed by atoms with Gasteiger partial charge in [0.15, 0.2) is 5.78 Å². The van der Waals surface area contributed by atoms with Gasteiger partial charge >= 0.3 is 12.1 Å². The molecule has 1 aromatic carbocycles. The summed E-state index contributed by atoms with van der Waals surface area (Å²) in [4.78, 5) is 42.8. The first-order chi connectivity index (χ1) is 14.6. The molecule has 1 saturated heterocycles. The summed E-state index contributed by atoms with van der Waals surface area (Å²) in [6, 6.07) is 6.96. The summed E-state index contributed by atoms with van der Waals surface area (Å²) < 4.78 is 38.0. The highest BCUT2D eigenvalue weighted by atomic mass is 19.4. The third kappa shape index (κ3) is 5.64. The topological polar surface area (TPSA) is 63.7 Å². The van der Waals surface area contributed by atoms with Crippen LogP contribution in [0.4, 0.5) is 18.9 Å². The number of ketones is 1. The summed E-state index contributed by atoms with van der Waals surface area (Å²) >= 11 is 0. The molecule has 2 heterocycles. The monoisotopic (exact) mass is 441 g/mol. The number of rotatable bonds is 6. The molecule has 6 nitrogen and oxygen atoms in total. The molecule has 0 saturated carbocycles. The van der Waals surface area contributed by atoms with Crippen molar-refractivity contribution in [1.82, 2.24) is 0 Å². The average molecular weight is 441 g/mol. The van der Waals surface area contributed by atoms with Crippen molar-refractivity contribution < 1.29 is 37.0 Å². The van der Waals surface area contributed by atoms with Gasteiger partial charge in [0, 0.05) is 44.2 Å². The molecule has 3 rings (SSSR count). The van der Waals surface area contributed by atoms with Gasteiger partial charge in [0.25, 0.3) is 0 Å². The van der Waals surface area contributed by atoms with Gasteiger partial charge in [-0.2, -0.15) is 13.2 Å². The van der Waals surface area contributed by atoms with Crippen molar-refractivity contribution in [2.75, 3.05) is 31.1 Å². The van der Waals surface area contributed by atoms with Crippen molar-refractivity contribution in [3.8, 4) is 0 Å². The quantitative estimate of drug-likeness (QED) is 0.494. The van der Waals surface area contributed by atoms with E-state index in [2.05, 4.69) is 0 Å². The number of hydrogen-bond acceptors (Lipinski definition) is 4. The molecule has 0 N–H and O–H groups in total. The number of Topliss-reactive ketones (excluding diaryl/α,β-unsaturated/α-hetero) is 1. The number of quaternary nitrogens is 1. The molecular formula is C22H28F3N2O4+. The number of carbonyl (C=O) groups excluding carboxylic acids is 3. The smallest absolute Gasteiger partial charge is 0.312 e. The maximum atomic E-state index is 12.8. The summed E-state index contributed by atoms with van der Waals surface area (Å²) in [6.45, 7) is 3.35. The van der Waals surface area contributed by atoms with Gasteiger partial charge in [-0.3, -0.25) is 14.4 Å². The Labute approximate surface area is 179 Å². The van der Waals surface area contributed by atoms with Crippen molar-refractivity contribution in [3.05, 3.63) is 29.8 Å². The number of unbranched alkanes of at least 4 members (excludes halogenated alkanes) is 1. The molecule has 0 radical (unpaired) electrons. The lowest BCUT2D eigenvalue weighted by molar-refractivity contribution is -1.09. The van der Waals surface area contributed by atoms with E-state index in [0.717, 1.165) is 0 Å². The summed E-state index contributed by atoms with van der Waals surface area (Å²) in [6.07, 6.45) is -2.35. The largest absolute Gasteiger partial charge is 0.497 e. The van der Waals surface area contributed by atoms with Crippen LogP contribution in [0.1, 0.15) is 55.8 Å². The zero-order valence-corrected chi connectivity index (χ0v) is 17.6. The fourth-order valence-corrected chi connectivity index (χ4v) is 4.24. The minimum absolute atomic E-state index is 0.0718. The second-order valence-corrected chi connectivity index (χ2v) is 8.48. The van der Waals surface area contributed by atoms with E-state index < -0.39 is 12.1 Å². The summed E-state index contributed by atoms with van der Waals surface area (Å²) in [5.74, 6) is -1.99. The molecule has 31 heavy (non-hydrogen) atoms. The molecule has 0 spiro atoms. The number of benzene rings is 1. The standard InChI is InChI=1S/C22H28F3N2O4/c1-16-10-14-27(15-11-16,31-21(30)22(23,24)25)13-5-4-12-26-18-7-3-2-6-17(18)19(28)8-9-20(26)29/h2-3,6-7,16H,4-5,8-15H2,1H3/q+1. The molecule has 0 atom stereocenters. The lowest BCUT2D eigenvalue weighted by atomic mass is 9.98. The number of anilines is 1. The molecule has 0 aliphatic carbocycles. The van der Waals surface area contributed by atoms with E-state index in [4.69, 9.17) is 4.84 Å². The van der Waals surface area contributed by atoms with Gasteiger partial charge in [-0.25, -0.2) is 4.79 Å². The first-order valence-electron chi connectivity index (χ1n) is 10.7.